The highest BCUT2D eigenvalue weighted by atomic mass is 32.1. The van der Waals surface area contributed by atoms with Crippen LogP contribution in [0.5, 0.6) is 0 Å². The van der Waals surface area contributed by atoms with E-state index in [0.717, 1.165) is 197 Å². The van der Waals surface area contributed by atoms with Gasteiger partial charge in [-0.1, -0.05) is 127 Å². The number of hydrogen-bond acceptors (Lipinski definition) is 21. The van der Waals surface area contributed by atoms with Crippen molar-refractivity contribution in [3.8, 4) is 11.1 Å². The summed E-state index contributed by atoms with van der Waals surface area (Å²) in [6.45, 7) is 33.4. The van der Waals surface area contributed by atoms with E-state index in [-0.39, 0.29) is 0 Å². The lowest BCUT2D eigenvalue weighted by Crippen LogP contribution is -2.41. The van der Waals surface area contributed by atoms with Gasteiger partial charge in [0.1, 0.15) is 78.2 Å². The molecule has 16 aromatic carbocycles. The third-order valence-electron chi connectivity index (χ3n) is 32.7. The number of rotatable bonds is 5. The molecule has 0 radical (unpaired) electrons. The van der Waals surface area contributed by atoms with Gasteiger partial charge in [-0.3, -0.25) is 4.98 Å². The zero-order chi connectivity index (χ0) is 95.9. The van der Waals surface area contributed by atoms with E-state index >= 15 is 0 Å². The van der Waals surface area contributed by atoms with Crippen molar-refractivity contribution in [3.05, 3.63) is 237 Å². The predicted octanol–water partition coefficient (Wildman–Crippen LogP) is 31.9. The second-order valence-electron chi connectivity index (χ2n) is 42.9. The molecule has 0 amide bonds. The Morgan fingerprint density at radius 3 is 0.993 bits per heavy atom. The van der Waals surface area contributed by atoms with Crippen molar-refractivity contribution in [2.75, 3.05) is 0 Å². The second kappa shape index (κ2) is 28.7. The van der Waals surface area contributed by atoms with E-state index in [9.17, 15) is 0 Å². The third kappa shape index (κ3) is 11.6. The highest BCUT2D eigenvalue weighted by Crippen LogP contribution is 2.58. The number of furan rings is 4. The molecule has 0 aliphatic carbocycles. The van der Waals surface area contributed by atoms with E-state index in [2.05, 4.69) is 316 Å². The standard InChI is InChI=1S/C33H24BNO4S.2C28H21BO4S.C28H21BO3S2/c1-32(2)33(3,4)39-34(38-32)21-11-12-22-26-28-25-24(15-20(29(28)37-22)18-9-7-13-35-16-18)36-23-14-17-8-5-6-10-19(17)30(27(23)25)40-31(21)26;1-27(2)28(3,4)33-29(32-27)16-9-11-20-24-23-19(34-20)12-10-17-21(23)22-18(30-17)13-14-7-5-6-8-15(14)25(22)31-26(16)24;1-27(2)28(3,4)33-29(32-27)16-9-10-18-22-21-17(30-18)11-12-19-23(21)24-20(34-19)13-14-7-5-6-8-15(14)25(24)31-26(16)22;1-27(2)28(3,4)32-29(31-27)16-9-10-19-23-21-17(33-19)11-12-18-22(21)24-20(34-18)13-14-7-5-6-8-15(14)25(24)30-26(16)23/h5-16H,1-4H3;3*5-13H,1-4H3. The Balaban J connectivity index is 0.0000000888. The van der Waals surface area contributed by atoms with Crippen LogP contribution in [0.25, 0.3) is 266 Å². The number of aromatic nitrogens is 1. The summed E-state index contributed by atoms with van der Waals surface area (Å²) in [4.78, 5) is 4.39. The van der Waals surface area contributed by atoms with Crippen LogP contribution in [0.15, 0.2) is 268 Å². The van der Waals surface area contributed by atoms with Crippen LogP contribution in [-0.2, 0) is 37.2 Å². The normalized spacial score (nSPS) is 17.9. The summed E-state index contributed by atoms with van der Waals surface area (Å²) in [6.07, 6.45) is 3.66. The zero-order valence-corrected chi connectivity index (χ0v) is 84.5. The Morgan fingerprint density at radius 2 is 0.521 bits per heavy atom. The molecule has 0 bridgehead atoms. The Labute approximate surface area is 831 Å². The maximum absolute atomic E-state index is 7.02. The number of benzene rings is 16. The van der Waals surface area contributed by atoms with Gasteiger partial charge in [-0.05, 0) is 235 Å². The van der Waals surface area contributed by atoms with Gasteiger partial charge in [0.05, 0.1) is 55.6 Å². The minimum Gasteiger partial charge on any atom is -0.456 e. The van der Waals surface area contributed by atoms with Crippen LogP contribution in [0, 0.1) is 0 Å². The van der Waals surface area contributed by atoms with Crippen LogP contribution in [-0.4, -0.2) is 78.3 Å². The van der Waals surface area contributed by atoms with Gasteiger partial charge in [-0.25, -0.2) is 0 Å². The largest absolute Gasteiger partial charge is 0.498 e. The first-order valence-electron chi connectivity index (χ1n) is 48.4. The topological polar surface area (TPSA) is 179 Å². The van der Waals surface area contributed by atoms with Crippen molar-refractivity contribution in [2.24, 2.45) is 0 Å². The molecule has 692 valence electrons. The molecule has 17 heterocycles. The molecule has 33 rings (SSSR count). The van der Waals surface area contributed by atoms with Gasteiger partial charge >= 0.3 is 28.5 Å². The Morgan fingerprint density at radius 1 is 0.211 bits per heavy atom. The summed E-state index contributed by atoms with van der Waals surface area (Å²) in [5, 5.41) is 27.4. The third-order valence-corrected chi connectivity index (χ3v) is 38.4. The first-order chi connectivity index (χ1) is 68.3. The molecule has 29 aromatic rings. The minimum atomic E-state index is -0.533. The number of pyridine rings is 1. The smallest absolute Gasteiger partial charge is 0.456 e. The lowest BCUT2D eigenvalue weighted by Gasteiger charge is -2.32. The maximum Gasteiger partial charge on any atom is 0.498 e. The summed E-state index contributed by atoms with van der Waals surface area (Å²) in [6, 6.07) is 78.7. The van der Waals surface area contributed by atoms with Gasteiger partial charge in [0, 0.05) is 184 Å². The highest BCUT2D eigenvalue weighted by molar-refractivity contribution is 7.29. The number of nitrogens with zero attached hydrogens (tertiary/aromatic N) is 1. The maximum atomic E-state index is 7.02. The average molecular weight is 1950 g/mol. The summed E-state index contributed by atoms with van der Waals surface area (Å²) >= 11 is 9.04. The van der Waals surface area contributed by atoms with Crippen molar-refractivity contribution >= 4 is 361 Å². The second-order valence-corrected chi connectivity index (χ2v) is 48.2. The molecule has 0 N–H and O–H groups in total. The molecule has 0 saturated carbocycles. The van der Waals surface area contributed by atoms with Crippen LogP contribution >= 0.6 is 56.7 Å². The molecule has 13 aromatic heterocycles. The molecule has 4 fully saturated rings. The van der Waals surface area contributed by atoms with E-state index in [1.807, 2.05) is 53.1 Å². The fourth-order valence-corrected chi connectivity index (χ4v) is 28.6. The van der Waals surface area contributed by atoms with E-state index in [1.165, 1.54) is 90.8 Å². The molecule has 0 unspecified atom stereocenters. The van der Waals surface area contributed by atoms with Gasteiger partial charge in [0.2, 0.25) is 0 Å². The zero-order valence-electron chi connectivity index (χ0n) is 80.4. The minimum absolute atomic E-state index is 0.418. The van der Waals surface area contributed by atoms with Crippen molar-refractivity contribution in [1.29, 1.82) is 0 Å². The first-order valence-corrected chi connectivity index (χ1v) is 52.5. The summed E-state index contributed by atoms with van der Waals surface area (Å²) in [5.74, 6) is 0. The van der Waals surface area contributed by atoms with Crippen molar-refractivity contribution < 1.29 is 68.2 Å². The van der Waals surface area contributed by atoms with Crippen LogP contribution in [0.2, 0.25) is 0 Å². The predicted molar refractivity (Wildman–Crippen MR) is 592 cm³/mol. The van der Waals surface area contributed by atoms with E-state index in [4.69, 9.17) is 68.2 Å². The molecule has 0 spiro atoms. The van der Waals surface area contributed by atoms with Crippen LogP contribution in [0.4, 0.5) is 0 Å². The summed E-state index contributed by atoms with van der Waals surface area (Å²) in [7, 11) is -2.03. The Kier molecular flexibility index (Phi) is 17.2. The van der Waals surface area contributed by atoms with Crippen molar-refractivity contribution in [2.45, 2.75) is 156 Å². The van der Waals surface area contributed by atoms with Gasteiger partial charge in [0.25, 0.3) is 0 Å². The van der Waals surface area contributed by atoms with Crippen LogP contribution < -0.4 is 21.9 Å². The molecule has 0 atom stereocenters. The lowest BCUT2D eigenvalue weighted by molar-refractivity contribution is 0.00578. The average Bonchev–Trinajstić information content (AvgIpc) is 1.53. The first kappa shape index (κ1) is 85.0. The van der Waals surface area contributed by atoms with Gasteiger partial charge in [-0.15, -0.1) is 56.7 Å². The molecule has 16 nitrogen and oxygen atoms in total. The van der Waals surface area contributed by atoms with Crippen molar-refractivity contribution in [1.82, 2.24) is 4.98 Å². The van der Waals surface area contributed by atoms with Gasteiger partial charge in [-0.2, -0.15) is 0 Å². The molecule has 4 saturated heterocycles. The Bertz CT molecular complexity index is 9720. The quantitative estimate of drug-likeness (QED) is 0.148. The summed E-state index contributed by atoms with van der Waals surface area (Å²) < 4.78 is 111. The number of hydrogen-bond donors (Lipinski definition) is 0. The lowest BCUT2D eigenvalue weighted by atomic mass is 9.78. The molecular formula is C117H87B4NO15S5. The SMILES string of the molecule is CC1(C)OB(c2ccc3oc4c(-c5cccnc5)cc5oc6cc7ccccc7c7sc2c3c4c5c67)OC1(C)C.CC1(C)OB(c2ccc3oc4ccc5sc6cc7ccccc7c7oc2c3c4c5c67)OC1(C)C.CC1(C)OB(c2ccc3sc4ccc5oc6cc7ccccc7c7oc2c3c4c5c67)OC1(C)C.CC1(C)OB(c2ccc3sc4ccc5sc6cc7ccccc7c7oc2c3c4c5c67)OC1(C)C. The molecular weight excluding hydrogens is 1860 g/mol. The van der Waals surface area contributed by atoms with Crippen LogP contribution in [0.1, 0.15) is 111 Å². The van der Waals surface area contributed by atoms with Crippen molar-refractivity contribution in [3.63, 3.8) is 0 Å². The van der Waals surface area contributed by atoms with E-state index in [1.54, 1.807) is 40.2 Å². The molecule has 4 aliphatic rings. The van der Waals surface area contributed by atoms with Gasteiger partial charge < -0.3 is 68.2 Å². The molecule has 25 heteroatoms. The monoisotopic (exact) mass is 1950 g/mol. The molecule has 4 aliphatic heterocycles. The number of fused-ring (bicyclic) bond motifs is 8. The summed E-state index contributed by atoms with van der Waals surface area (Å²) in [5.41, 5.74) is 14.2. The van der Waals surface area contributed by atoms with E-state index < -0.39 is 73.3 Å². The van der Waals surface area contributed by atoms with E-state index in [0.29, 0.717) is 0 Å². The van der Waals surface area contributed by atoms with Gasteiger partial charge in [0.15, 0.2) is 0 Å². The fourth-order valence-electron chi connectivity index (χ4n) is 22.6. The molecule has 142 heavy (non-hydrogen) atoms. The highest BCUT2D eigenvalue weighted by Gasteiger charge is 2.57. The Hall–Kier alpha value is -12.7. The van der Waals surface area contributed by atoms with Crippen LogP contribution in [0.3, 0.4) is 0 Å². The number of thiophene rings is 4. The fraction of sp³-hybridized carbons (Fsp3) is 0.205.